The monoisotopic (exact) mass is 341 g/mol. The van der Waals surface area contributed by atoms with E-state index in [1.54, 1.807) is 24.3 Å². The van der Waals surface area contributed by atoms with Crippen molar-refractivity contribution in [3.63, 3.8) is 0 Å². The van der Waals surface area contributed by atoms with E-state index in [9.17, 15) is 4.79 Å². The minimum atomic E-state index is -0.119. The number of ether oxygens (including phenoxy) is 1. The second-order valence-corrected chi connectivity index (χ2v) is 5.90. The molecule has 5 nitrogen and oxygen atoms in total. The number of anilines is 2. The number of carbonyl (C=O) groups is 1. The molecule has 2 rings (SSSR count). The van der Waals surface area contributed by atoms with Crippen molar-refractivity contribution in [1.29, 1.82) is 0 Å². The first-order valence-corrected chi connectivity index (χ1v) is 8.70. The van der Waals surface area contributed by atoms with Crippen LogP contribution in [0.5, 0.6) is 5.75 Å². The zero-order valence-electron chi connectivity index (χ0n) is 15.0. The Morgan fingerprint density at radius 1 is 1.04 bits per heavy atom. The van der Waals surface area contributed by atoms with Crippen molar-refractivity contribution in [3.05, 3.63) is 53.6 Å². The Balaban J connectivity index is 2.06. The first-order valence-electron chi connectivity index (χ1n) is 8.70. The Bertz CT molecular complexity index is 712. The van der Waals surface area contributed by atoms with Gasteiger partial charge in [-0.2, -0.15) is 0 Å². The van der Waals surface area contributed by atoms with E-state index in [0.717, 1.165) is 26.1 Å². The molecule has 0 unspecified atom stereocenters. The number of benzene rings is 2. The molecule has 5 heteroatoms. The third-order valence-corrected chi connectivity index (χ3v) is 4.25. The van der Waals surface area contributed by atoms with Crippen LogP contribution in [0.15, 0.2) is 42.5 Å². The topological polar surface area (TPSA) is 81.6 Å². The van der Waals surface area contributed by atoms with Crippen LogP contribution in [0.25, 0.3) is 0 Å². The van der Waals surface area contributed by atoms with Crippen LogP contribution < -0.4 is 16.2 Å². The number of hydrogen-bond acceptors (Lipinski definition) is 5. The second-order valence-electron chi connectivity index (χ2n) is 5.90. The Labute approximate surface area is 149 Å². The summed E-state index contributed by atoms with van der Waals surface area (Å²) in [4.78, 5) is 15.1. The van der Waals surface area contributed by atoms with E-state index in [-0.39, 0.29) is 5.78 Å². The lowest BCUT2D eigenvalue weighted by atomic mass is 10.0. The van der Waals surface area contributed by atoms with E-state index in [0.29, 0.717) is 34.9 Å². The van der Waals surface area contributed by atoms with E-state index in [1.807, 2.05) is 18.2 Å². The van der Waals surface area contributed by atoms with E-state index in [1.165, 1.54) is 0 Å². The average molecular weight is 341 g/mol. The standard InChI is InChI=1S/C20H27N3O2/c1-3-23(4-2)12-7-13-25-19-9-6-5-8-16(19)20(24)15-10-11-17(21)18(22)14-15/h5-6,8-11,14H,3-4,7,12-13,21-22H2,1-2H3. The van der Waals surface area contributed by atoms with Gasteiger partial charge in [0.1, 0.15) is 5.75 Å². The zero-order valence-corrected chi connectivity index (χ0v) is 15.0. The molecule has 2 aromatic carbocycles. The molecular formula is C20H27N3O2. The van der Waals surface area contributed by atoms with Crippen molar-refractivity contribution in [2.75, 3.05) is 37.7 Å². The van der Waals surface area contributed by atoms with Crippen molar-refractivity contribution >= 4 is 17.2 Å². The maximum Gasteiger partial charge on any atom is 0.196 e. The largest absolute Gasteiger partial charge is 0.493 e. The predicted octanol–water partition coefficient (Wildman–Crippen LogP) is 3.19. The number of carbonyl (C=O) groups excluding carboxylic acids is 1. The third kappa shape index (κ3) is 4.97. The van der Waals surface area contributed by atoms with Gasteiger partial charge in [-0.1, -0.05) is 26.0 Å². The summed E-state index contributed by atoms with van der Waals surface area (Å²) in [6.07, 6.45) is 0.916. The maximum absolute atomic E-state index is 12.8. The summed E-state index contributed by atoms with van der Waals surface area (Å²) in [6, 6.07) is 12.2. The van der Waals surface area contributed by atoms with E-state index >= 15 is 0 Å². The molecule has 4 N–H and O–H groups in total. The normalized spacial score (nSPS) is 10.8. The van der Waals surface area contributed by atoms with Gasteiger partial charge in [-0.15, -0.1) is 0 Å². The van der Waals surface area contributed by atoms with Crippen LogP contribution in [0.2, 0.25) is 0 Å². The predicted molar refractivity (Wildman–Crippen MR) is 103 cm³/mol. The molecule has 0 aliphatic carbocycles. The van der Waals surface area contributed by atoms with E-state index in [4.69, 9.17) is 16.2 Å². The van der Waals surface area contributed by atoms with Crippen LogP contribution in [-0.4, -0.2) is 36.9 Å². The minimum Gasteiger partial charge on any atom is -0.493 e. The lowest BCUT2D eigenvalue weighted by Gasteiger charge is -2.18. The number of para-hydroxylation sites is 1. The number of hydrogen-bond donors (Lipinski definition) is 2. The molecule has 0 atom stereocenters. The van der Waals surface area contributed by atoms with Gasteiger partial charge in [-0.25, -0.2) is 0 Å². The van der Waals surface area contributed by atoms with Gasteiger partial charge < -0.3 is 21.1 Å². The molecule has 0 amide bonds. The third-order valence-electron chi connectivity index (χ3n) is 4.25. The molecular weight excluding hydrogens is 314 g/mol. The number of ketones is 1. The molecule has 134 valence electrons. The van der Waals surface area contributed by atoms with Crippen LogP contribution in [0.3, 0.4) is 0 Å². The van der Waals surface area contributed by atoms with Gasteiger partial charge in [0, 0.05) is 12.1 Å². The first-order chi connectivity index (χ1) is 12.1. The van der Waals surface area contributed by atoms with Gasteiger partial charge in [-0.3, -0.25) is 4.79 Å². The molecule has 0 aliphatic heterocycles. The molecule has 0 radical (unpaired) electrons. The highest BCUT2D eigenvalue weighted by molar-refractivity contribution is 6.11. The van der Waals surface area contributed by atoms with Crippen LogP contribution in [-0.2, 0) is 0 Å². The lowest BCUT2D eigenvalue weighted by Crippen LogP contribution is -2.25. The van der Waals surface area contributed by atoms with Gasteiger partial charge in [0.2, 0.25) is 0 Å². The fourth-order valence-corrected chi connectivity index (χ4v) is 2.66. The summed E-state index contributed by atoms with van der Waals surface area (Å²) < 4.78 is 5.87. The van der Waals surface area contributed by atoms with E-state index < -0.39 is 0 Å². The lowest BCUT2D eigenvalue weighted by molar-refractivity contribution is 0.103. The number of nitrogens with zero attached hydrogens (tertiary/aromatic N) is 1. The van der Waals surface area contributed by atoms with Crippen LogP contribution in [0.4, 0.5) is 11.4 Å². The second kappa shape index (κ2) is 9.08. The molecule has 0 heterocycles. The van der Waals surface area contributed by atoms with Gasteiger partial charge >= 0.3 is 0 Å². The number of rotatable bonds is 9. The SMILES string of the molecule is CCN(CC)CCCOc1ccccc1C(=O)c1ccc(N)c(N)c1. The molecule has 25 heavy (non-hydrogen) atoms. The summed E-state index contributed by atoms with van der Waals surface area (Å²) >= 11 is 0. The van der Waals surface area contributed by atoms with Crippen LogP contribution in [0, 0.1) is 0 Å². The Hall–Kier alpha value is -2.53. The highest BCUT2D eigenvalue weighted by atomic mass is 16.5. The van der Waals surface area contributed by atoms with Crippen LogP contribution in [0.1, 0.15) is 36.2 Å². The zero-order chi connectivity index (χ0) is 18.2. The summed E-state index contributed by atoms with van der Waals surface area (Å²) in [5.41, 5.74) is 13.5. The molecule has 0 spiro atoms. The smallest absolute Gasteiger partial charge is 0.196 e. The molecule has 2 aromatic rings. The van der Waals surface area contributed by atoms with Gasteiger partial charge in [-0.05, 0) is 49.8 Å². The summed E-state index contributed by atoms with van der Waals surface area (Å²) in [7, 11) is 0. The fraction of sp³-hybridized carbons (Fsp3) is 0.350. The van der Waals surface area contributed by atoms with Gasteiger partial charge in [0.15, 0.2) is 5.78 Å². The van der Waals surface area contributed by atoms with E-state index in [2.05, 4.69) is 18.7 Å². The summed E-state index contributed by atoms with van der Waals surface area (Å²) in [5.74, 6) is 0.480. The average Bonchev–Trinajstić information content (AvgIpc) is 2.64. The van der Waals surface area contributed by atoms with Crippen LogP contribution >= 0.6 is 0 Å². The van der Waals surface area contributed by atoms with Crippen molar-refractivity contribution in [3.8, 4) is 5.75 Å². The minimum absolute atomic E-state index is 0.119. The number of nitrogens with two attached hydrogens (primary N) is 2. The Kier molecular flexibility index (Phi) is 6.83. The Morgan fingerprint density at radius 2 is 1.76 bits per heavy atom. The Morgan fingerprint density at radius 3 is 2.44 bits per heavy atom. The molecule has 0 saturated heterocycles. The van der Waals surface area contributed by atoms with Crippen molar-refractivity contribution < 1.29 is 9.53 Å². The molecule has 0 saturated carbocycles. The molecule has 0 fully saturated rings. The molecule has 0 aliphatic rings. The summed E-state index contributed by atoms with van der Waals surface area (Å²) in [5, 5.41) is 0. The summed E-state index contributed by atoms with van der Waals surface area (Å²) in [6.45, 7) is 7.92. The van der Waals surface area contributed by atoms with Crippen molar-refractivity contribution in [2.45, 2.75) is 20.3 Å². The van der Waals surface area contributed by atoms with Gasteiger partial charge in [0.25, 0.3) is 0 Å². The van der Waals surface area contributed by atoms with Crippen molar-refractivity contribution in [2.24, 2.45) is 0 Å². The fourth-order valence-electron chi connectivity index (χ4n) is 2.66. The van der Waals surface area contributed by atoms with Gasteiger partial charge in [0.05, 0.1) is 23.5 Å². The van der Waals surface area contributed by atoms with Crippen molar-refractivity contribution in [1.82, 2.24) is 4.90 Å². The number of nitrogen functional groups attached to an aromatic ring is 2. The highest BCUT2D eigenvalue weighted by Gasteiger charge is 2.15. The highest BCUT2D eigenvalue weighted by Crippen LogP contribution is 2.24. The quantitative estimate of drug-likeness (QED) is 0.416. The molecule has 0 bridgehead atoms. The first kappa shape index (κ1) is 18.8. The maximum atomic E-state index is 12.8. The molecule has 0 aromatic heterocycles.